The summed E-state index contributed by atoms with van der Waals surface area (Å²) in [6.45, 7) is 1.17. The maximum Gasteiger partial charge on any atom is 0.119 e. The molecule has 0 spiro atoms. The average molecular weight is 262 g/mol. The van der Waals surface area contributed by atoms with Gasteiger partial charge in [-0.3, -0.25) is 0 Å². The molecule has 0 bridgehead atoms. The molecule has 2 rings (SSSR count). The van der Waals surface area contributed by atoms with Gasteiger partial charge in [-0.1, -0.05) is 31.4 Å². The summed E-state index contributed by atoms with van der Waals surface area (Å²) in [5.74, 6) is 1.76. The van der Waals surface area contributed by atoms with Gasteiger partial charge in [0.05, 0.1) is 6.61 Å². The van der Waals surface area contributed by atoms with Gasteiger partial charge >= 0.3 is 0 Å². The first-order valence-corrected chi connectivity index (χ1v) is 7.71. The minimum atomic E-state index is 0.294. The van der Waals surface area contributed by atoms with Crippen LogP contribution in [0.25, 0.3) is 0 Å². The molecule has 1 saturated carbocycles. The number of benzene rings is 1. The maximum atomic E-state index is 8.76. The monoisotopic (exact) mass is 262 g/mol. The molecule has 2 heteroatoms. The first kappa shape index (κ1) is 14.4. The molecule has 106 valence electrons. The summed E-state index contributed by atoms with van der Waals surface area (Å²) < 4.78 is 5.89. The molecule has 0 saturated heterocycles. The van der Waals surface area contributed by atoms with Crippen LogP contribution >= 0.6 is 0 Å². The van der Waals surface area contributed by atoms with Crippen LogP contribution in [0.2, 0.25) is 0 Å². The lowest BCUT2D eigenvalue weighted by molar-refractivity contribution is 0.209. The number of aryl methyl sites for hydroxylation is 1. The molecule has 0 amide bonds. The molecule has 1 fully saturated rings. The number of hydrogen-bond acceptors (Lipinski definition) is 2. The van der Waals surface area contributed by atoms with E-state index in [1.165, 1.54) is 37.7 Å². The van der Waals surface area contributed by atoms with E-state index in [1.807, 2.05) is 0 Å². The van der Waals surface area contributed by atoms with Crippen molar-refractivity contribution in [1.82, 2.24) is 0 Å². The van der Waals surface area contributed by atoms with Crippen LogP contribution in [0.3, 0.4) is 0 Å². The molecule has 1 aliphatic rings. The minimum Gasteiger partial charge on any atom is -0.493 e. The standard InChI is InChI=1S/C17H26O2/c18-13-5-4-6-15-9-11-17(12-10-15)19-14-16-7-2-1-3-8-16/h9-12,16,18H,1-8,13-14H2. The summed E-state index contributed by atoms with van der Waals surface area (Å²) in [6.07, 6.45) is 9.80. The van der Waals surface area contributed by atoms with E-state index in [2.05, 4.69) is 24.3 Å². The number of hydrogen-bond donors (Lipinski definition) is 1. The third-order valence-electron chi connectivity index (χ3n) is 4.01. The van der Waals surface area contributed by atoms with E-state index in [-0.39, 0.29) is 0 Å². The van der Waals surface area contributed by atoms with Crippen molar-refractivity contribution in [3.63, 3.8) is 0 Å². The zero-order chi connectivity index (χ0) is 13.3. The van der Waals surface area contributed by atoms with E-state index in [0.29, 0.717) is 6.61 Å². The fraction of sp³-hybridized carbons (Fsp3) is 0.647. The Morgan fingerprint density at radius 3 is 2.42 bits per heavy atom. The van der Waals surface area contributed by atoms with Gasteiger partial charge in [0.25, 0.3) is 0 Å². The van der Waals surface area contributed by atoms with Crippen LogP contribution in [0.15, 0.2) is 24.3 Å². The van der Waals surface area contributed by atoms with Crippen molar-refractivity contribution in [1.29, 1.82) is 0 Å². The fourth-order valence-electron chi connectivity index (χ4n) is 2.76. The van der Waals surface area contributed by atoms with Crippen molar-refractivity contribution in [2.24, 2.45) is 5.92 Å². The van der Waals surface area contributed by atoms with Crippen molar-refractivity contribution in [2.75, 3.05) is 13.2 Å². The zero-order valence-electron chi connectivity index (χ0n) is 11.8. The number of ether oxygens (including phenoxy) is 1. The van der Waals surface area contributed by atoms with E-state index < -0.39 is 0 Å². The quantitative estimate of drug-likeness (QED) is 0.754. The van der Waals surface area contributed by atoms with Gasteiger partial charge in [-0.25, -0.2) is 0 Å². The van der Waals surface area contributed by atoms with E-state index in [1.54, 1.807) is 0 Å². The first-order valence-electron chi connectivity index (χ1n) is 7.71. The molecule has 1 N–H and O–H groups in total. The van der Waals surface area contributed by atoms with Gasteiger partial charge in [-0.15, -0.1) is 0 Å². The Balaban J connectivity index is 1.71. The van der Waals surface area contributed by atoms with E-state index in [4.69, 9.17) is 9.84 Å². The normalized spacial score (nSPS) is 16.5. The fourth-order valence-corrected chi connectivity index (χ4v) is 2.76. The Labute approximate surface area is 116 Å². The molecule has 0 atom stereocenters. The third kappa shape index (κ3) is 5.23. The van der Waals surface area contributed by atoms with Gasteiger partial charge in [0.15, 0.2) is 0 Å². The highest BCUT2D eigenvalue weighted by atomic mass is 16.5. The van der Waals surface area contributed by atoms with Crippen molar-refractivity contribution in [3.8, 4) is 5.75 Å². The highest BCUT2D eigenvalue weighted by Crippen LogP contribution is 2.24. The van der Waals surface area contributed by atoms with Crippen molar-refractivity contribution < 1.29 is 9.84 Å². The molecule has 2 nitrogen and oxygen atoms in total. The maximum absolute atomic E-state index is 8.76. The van der Waals surface area contributed by atoms with Crippen molar-refractivity contribution in [3.05, 3.63) is 29.8 Å². The molecule has 0 radical (unpaired) electrons. The topological polar surface area (TPSA) is 29.5 Å². The minimum absolute atomic E-state index is 0.294. The predicted octanol–water partition coefficient (Wildman–Crippen LogP) is 3.96. The van der Waals surface area contributed by atoms with Crippen LogP contribution < -0.4 is 4.74 Å². The van der Waals surface area contributed by atoms with E-state index in [9.17, 15) is 0 Å². The second-order valence-corrected chi connectivity index (χ2v) is 5.64. The van der Waals surface area contributed by atoms with Crippen molar-refractivity contribution >= 4 is 0 Å². The van der Waals surface area contributed by atoms with Gasteiger partial charge in [0.2, 0.25) is 0 Å². The Morgan fingerprint density at radius 1 is 1.00 bits per heavy atom. The Morgan fingerprint density at radius 2 is 1.74 bits per heavy atom. The second kappa shape index (κ2) is 8.21. The average Bonchev–Trinajstić information content (AvgIpc) is 2.48. The summed E-state index contributed by atoms with van der Waals surface area (Å²) >= 11 is 0. The molecule has 1 aliphatic carbocycles. The van der Waals surface area contributed by atoms with Crippen LogP contribution in [0.5, 0.6) is 5.75 Å². The molecule has 0 heterocycles. The first-order chi connectivity index (χ1) is 9.38. The number of unbranched alkanes of at least 4 members (excludes halogenated alkanes) is 1. The Bertz CT molecular complexity index is 339. The highest BCUT2D eigenvalue weighted by Gasteiger charge is 2.13. The molecule has 0 aliphatic heterocycles. The van der Waals surface area contributed by atoms with Crippen LogP contribution in [0.1, 0.15) is 50.5 Å². The number of aliphatic hydroxyl groups excluding tert-OH is 1. The summed E-state index contributed by atoms with van der Waals surface area (Å²) in [4.78, 5) is 0. The van der Waals surface area contributed by atoms with Gasteiger partial charge in [0.1, 0.15) is 5.75 Å². The van der Waals surface area contributed by atoms with Crippen LogP contribution in [-0.2, 0) is 6.42 Å². The Hall–Kier alpha value is -1.02. The van der Waals surface area contributed by atoms with Crippen LogP contribution in [0, 0.1) is 5.92 Å². The van der Waals surface area contributed by atoms with Crippen LogP contribution in [-0.4, -0.2) is 18.3 Å². The molecule has 19 heavy (non-hydrogen) atoms. The summed E-state index contributed by atoms with van der Waals surface area (Å²) in [5, 5.41) is 8.76. The molecule has 0 aromatic heterocycles. The molecular weight excluding hydrogens is 236 g/mol. The highest BCUT2D eigenvalue weighted by molar-refractivity contribution is 5.27. The van der Waals surface area contributed by atoms with E-state index in [0.717, 1.165) is 37.5 Å². The SMILES string of the molecule is OCCCCc1ccc(OCC2CCCCC2)cc1. The molecule has 1 aromatic carbocycles. The molecule has 0 unspecified atom stereocenters. The third-order valence-corrected chi connectivity index (χ3v) is 4.01. The molecule has 1 aromatic rings. The summed E-state index contributed by atoms with van der Waals surface area (Å²) in [6, 6.07) is 8.45. The smallest absolute Gasteiger partial charge is 0.119 e. The summed E-state index contributed by atoms with van der Waals surface area (Å²) in [5.41, 5.74) is 1.33. The van der Waals surface area contributed by atoms with E-state index >= 15 is 0 Å². The van der Waals surface area contributed by atoms with Gasteiger partial charge < -0.3 is 9.84 Å². The van der Waals surface area contributed by atoms with Gasteiger partial charge in [-0.2, -0.15) is 0 Å². The van der Waals surface area contributed by atoms with Gasteiger partial charge in [0, 0.05) is 6.61 Å². The van der Waals surface area contributed by atoms with Gasteiger partial charge in [-0.05, 0) is 55.7 Å². The lowest BCUT2D eigenvalue weighted by Crippen LogP contribution is -2.15. The lowest BCUT2D eigenvalue weighted by Gasteiger charge is -2.21. The number of aliphatic hydroxyl groups is 1. The Kier molecular flexibility index (Phi) is 6.22. The zero-order valence-corrected chi connectivity index (χ0v) is 11.8. The van der Waals surface area contributed by atoms with Crippen LogP contribution in [0.4, 0.5) is 0 Å². The molecular formula is C17H26O2. The lowest BCUT2D eigenvalue weighted by atomic mass is 9.90. The summed E-state index contributed by atoms with van der Waals surface area (Å²) in [7, 11) is 0. The van der Waals surface area contributed by atoms with Crippen molar-refractivity contribution in [2.45, 2.75) is 51.4 Å². The largest absolute Gasteiger partial charge is 0.493 e. The number of rotatable bonds is 7. The second-order valence-electron chi connectivity index (χ2n) is 5.64. The predicted molar refractivity (Wildman–Crippen MR) is 78.5 cm³/mol.